The first-order chi connectivity index (χ1) is 8.89. The van der Waals surface area contributed by atoms with Crippen LogP contribution in [-0.2, 0) is 14.3 Å². The molecule has 0 radical (unpaired) electrons. The Morgan fingerprint density at radius 1 is 1.53 bits per heavy atom. The van der Waals surface area contributed by atoms with Crippen molar-refractivity contribution >= 4 is 11.8 Å². The Labute approximate surface area is 115 Å². The van der Waals surface area contributed by atoms with E-state index in [1.807, 2.05) is 13.8 Å². The lowest BCUT2D eigenvalue weighted by atomic mass is 9.97. The van der Waals surface area contributed by atoms with Crippen LogP contribution in [0.15, 0.2) is 0 Å². The summed E-state index contributed by atoms with van der Waals surface area (Å²) in [6.45, 7) is 7.73. The van der Waals surface area contributed by atoms with E-state index in [1.165, 1.54) is 0 Å². The molecule has 2 amide bonds. The van der Waals surface area contributed by atoms with Crippen LogP contribution in [0.4, 0.5) is 0 Å². The van der Waals surface area contributed by atoms with Crippen molar-refractivity contribution in [2.75, 3.05) is 26.8 Å². The number of carbonyl (C=O) groups excluding carboxylic acids is 2. The summed E-state index contributed by atoms with van der Waals surface area (Å²) in [6, 6.07) is 0. The van der Waals surface area contributed by atoms with Crippen molar-refractivity contribution in [3.05, 3.63) is 0 Å². The lowest BCUT2D eigenvalue weighted by Crippen LogP contribution is -2.46. The standard InChI is InChI=1S/C14H26N2O3/c1-5-6-14(2,3)15-13(18)11-9-12(17)16(10-11)7-8-19-4/h11H,5-10H2,1-4H3,(H,15,18)/t11-/m0/s1. The van der Waals surface area contributed by atoms with E-state index < -0.39 is 0 Å². The van der Waals surface area contributed by atoms with Gasteiger partial charge in [0, 0.05) is 32.2 Å². The monoisotopic (exact) mass is 270 g/mol. The highest BCUT2D eigenvalue weighted by molar-refractivity contribution is 5.89. The molecular formula is C14H26N2O3. The van der Waals surface area contributed by atoms with Crippen LogP contribution in [0.5, 0.6) is 0 Å². The van der Waals surface area contributed by atoms with Gasteiger partial charge in [0.15, 0.2) is 0 Å². The predicted molar refractivity (Wildman–Crippen MR) is 73.7 cm³/mol. The molecule has 0 aromatic heterocycles. The third-order valence-corrected chi connectivity index (χ3v) is 3.49. The van der Waals surface area contributed by atoms with Gasteiger partial charge in [-0.1, -0.05) is 13.3 Å². The minimum Gasteiger partial charge on any atom is -0.383 e. The minimum atomic E-state index is -0.222. The van der Waals surface area contributed by atoms with Gasteiger partial charge in [-0.05, 0) is 20.3 Å². The van der Waals surface area contributed by atoms with Gasteiger partial charge in [0.05, 0.1) is 12.5 Å². The van der Waals surface area contributed by atoms with Crippen molar-refractivity contribution in [3.8, 4) is 0 Å². The summed E-state index contributed by atoms with van der Waals surface area (Å²) in [4.78, 5) is 25.7. The van der Waals surface area contributed by atoms with Gasteiger partial charge in [-0.15, -0.1) is 0 Å². The van der Waals surface area contributed by atoms with Crippen LogP contribution in [0.25, 0.3) is 0 Å². The van der Waals surface area contributed by atoms with Crippen molar-refractivity contribution in [1.82, 2.24) is 10.2 Å². The van der Waals surface area contributed by atoms with Gasteiger partial charge in [-0.25, -0.2) is 0 Å². The minimum absolute atomic E-state index is 0.00767. The largest absolute Gasteiger partial charge is 0.383 e. The molecule has 0 bridgehead atoms. The Hall–Kier alpha value is -1.10. The van der Waals surface area contributed by atoms with Crippen molar-refractivity contribution in [1.29, 1.82) is 0 Å². The van der Waals surface area contributed by atoms with Gasteiger partial charge in [-0.2, -0.15) is 0 Å². The van der Waals surface area contributed by atoms with E-state index in [9.17, 15) is 9.59 Å². The zero-order valence-electron chi connectivity index (χ0n) is 12.5. The maximum Gasteiger partial charge on any atom is 0.225 e. The van der Waals surface area contributed by atoms with Gasteiger partial charge in [0.2, 0.25) is 11.8 Å². The fraction of sp³-hybridized carbons (Fsp3) is 0.857. The lowest BCUT2D eigenvalue weighted by Gasteiger charge is -2.27. The Bertz CT molecular complexity index is 329. The second-order valence-electron chi connectivity index (χ2n) is 5.86. The number of ether oxygens (including phenoxy) is 1. The fourth-order valence-electron chi connectivity index (χ4n) is 2.49. The predicted octanol–water partition coefficient (Wildman–Crippen LogP) is 1.18. The lowest BCUT2D eigenvalue weighted by molar-refractivity contribution is -0.129. The smallest absolute Gasteiger partial charge is 0.225 e. The third kappa shape index (κ3) is 4.82. The van der Waals surface area contributed by atoms with Crippen molar-refractivity contribution < 1.29 is 14.3 Å². The van der Waals surface area contributed by atoms with Crippen molar-refractivity contribution in [2.24, 2.45) is 5.92 Å². The molecule has 110 valence electrons. The number of carbonyl (C=O) groups is 2. The first-order valence-electron chi connectivity index (χ1n) is 6.98. The number of nitrogens with one attached hydrogen (secondary N) is 1. The van der Waals surface area contributed by atoms with E-state index in [1.54, 1.807) is 12.0 Å². The summed E-state index contributed by atoms with van der Waals surface area (Å²) in [5.74, 6) is -0.183. The van der Waals surface area contributed by atoms with Gasteiger partial charge < -0.3 is 15.0 Å². The second kappa shape index (κ2) is 6.89. The molecule has 1 atom stereocenters. The molecule has 0 aliphatic carbocycles. The number of rotatable bonds is 7. The van der Waals surface area contributed by atoms with E-state index in [0.29, 0.717) is 26.1 Å². The van der Waals surface area contributed by atoms with E-state index in [-0.39, 0.29) is 23.3 Å². The van der Waals surface area contributed by atoms with Crippen LogP contribution >= 0.6 is 0 Å². The van der Waals surface area contributed by atoms with Gasteiger partial charge in [-0.3, -0.25) is 9.59 Å². The molecule has 1 aliphatic heterocycles. The number of likely N-dealkylation sites (tertiary alicyclic amines) is 1. The highest BCUT2D eigenvalue weighted by Crippen LogP contribution is 2.20. The molecule has 1 saturated heterocycles. The van der Waals surface area contributed by atoms with Gasteiger partial charge in [0.1, 0.15) is 0 Å². The third-order valence-electron chi connectivity index (χ3n) is 3.49. The molecule has 0 aromatic carbocycles. The molecule has 1 rings (SSSR count). The summed E-state index contributed by atoms with van der Waals surface area (Å²) in [5, 5.41) is 3.05. The van der Waals surface area contributed by atoms with Crippen LogP contribution < -0.4 is 5.32 Å². The quantitative estimate of drug-likeness (QED) is 0.755. The van der Waals surface area contributed by atoms with Crippen LogP contribution in [-0.4, -0.2) is 49.1 Å². The van der Waals surface area contributed by atoms with Crippen LogP contribution in [0.1, 0.15) is 40.0 Å². The summed E-state index contributed by atoms with van der Waals surface area (Å²) >= 11 is 0. The first kappa shape index (κ1) is 16.0. The fourth-order valence-corrected chi connectivity index (χ4v) is 2.49. The molecule has 0 saturated carbocycles. The van der Waals surface area contributed by atoms with E-state index >= 15 is 0 Å². The molecule has 5 heteroatoms. The van der Waals surface area contributed by atoms with Crippen LogP contribution in [0, 0.1) is 5.92 Å². The van der Waals surface area contributed by atoms with Crippen molar-refractivity contribution in [3.63, 3.8) is 0 Å². The highest BCUT2D eigenvalue weighted by atomic mass is 16.5. The highest BCUT2D eigenvalue weighted by Gasteiger charge is 2.35. The van der Waals surface area contributed by atoms with Crippen LogP contribution in [0.2, 0.25) is 0 Å². The van der Waals surface area contributed by atoms with E-state index in [2.05, 4.69) is 12.2 Å². The SMILES string of the molecule is CCCC(C)(C)NC(=O)[C@H]1CC(=O)N(CCOC)C1. The zero-order valence-corrected chi connectivity index (χ0v) is 12.5. The number of nitrogens with zero attached hydrogens (tertiary/aromatic N) is 1. The van der Waals surface area contributed by atoms with Gasteiger partial charge in [0.25, 0.3) is 0 Å². The molecule has 5 nitrogen and oxygen atoms in total. The average molecular weight is 270 g/mol. The Balaban J connectivity index is 2.49. The maximum atomic E-state index is 12.2. The Kier molecular flexibility index (Phi) is 5.79. The number of amides is 2. The molecule has 0 unspecified atom stereocenters. The summed E-state index contributed by atoms with van der Waals surface area (Å²) in [6.07, 6.45) is 2.28. The Morgan fingerprint density at radius 2 is 2.21 bits per heavy atom. The zero-order chi connectivity index (χ0) is 14.5. The second-order valence-corrected chi connectivity index (χ2v) is 5.86. The molecule has 1 heterocycles. The van der Waals surface area contributed by atoms with Crippen LogP contribution in [0.3, 0.4) is 0 Å². The molecule has 1 aliphatic rings. The topological polar surface area (TPSA) is 58.6 Å². The summed E-state index contributed by atoms with van der Waals surface area (Å²) < 4.78 is 4.97. The number of hydrogen-bond acceptors (Lipinski definition) is 3. The van der Waals surface area contributed by atoms with E-state index in [4.69, 9.17) is 4.74 Å². The number of methoxy groups -OCH3 is 1. The maximum absolute atomic E-state index is 12.2. The molecular weight excluding hydrogens is 244 g/mol. The average Bonchev–Trinajstić information content (AvgIpc) is 2.67. The molecule has 19 heavy (non-hydrogen) atoms. The van der Waals surface area contributed by atoms with Gasteiger partial charge >= 0.3 is 0 Å². The number of hydrogen-bond donors (Lipinski definition) is 1. The summed E-state index contributed by atoms with van der Waals surface area (Å²) in [5.41, 5.74) is -0.200. The molecule has 0 spiro atoms. The normalized spacial score (nSPS) is 19.9. The van der Waals surface area contributed by atoms with E-state index in [0.717, 1.165) is 12.8 Å². The first-order valence-corrected chi connectivity index (χ1v) is 6.98. The van der Waals surface area contributed by atoms with Crippen molar-refractivity contribution in [2.45, 2.75) is 45.6 Å². The molecule has 1 N–H and O–H groups in total. The molecule has 1 fully saturated rings. The summed E-state index contributed by atoms with van der Waals surface area (Å²) in [7, 11) is 1.61. The molecule has 0 aromatic rings. The Morgan fingerprint density at radius 3 is 2.79 bits per heavy atom.